The minimum Gasteiger partial charge on any atom is -0.330 e. The second-order valence-electron chi connectivity index (χ2n) is 6.67. The number of sulfonamides is 1. The molecule has 134 valence electrons. The minimum absolute atomic E-state index is 0.107. The summed E-state index contributed by atoms with van der Waals surface area (Å²) in [7, 11) is -3.63. The Morgan fingerprint density at radius 3 is 2.54 bits per heavy atom. The first-order chi connectivity index (χ1) is 12.6. The largest absolute Gasteiger partial charge is 0.330 e. The lowest BCUT2D eigenvalue weighted by Gasteiger charge is -2.17. The molecule has 0 unspecified atom stereocenters. The van der Waals surface area contributed by atoms with Crippen LogP contribution in [0.4, 0.5) is 0 Å². The van der Waals surface area contributed by atoms with Crippen molar-refractivity contribution in [3.8, 4) is 0 Å². The highest BCUT2D eigenvalue weighted by atomic mass is 32.2. The number of para-hydroxylation sites is 1. The van der Waals surface area contributed by atoms with Crippen molar-refractivity contribution in [2.45, 2.75) is 10.8 Å². The first-order valence-corrected chi connectivity index (χ1v) is 10.1. The van der Waals surface area contributed by atoms with E-state index in [1.54, 1.807) is 22.6 Å². The van der Waals surface area contributed by atoms with Crippen molar-refractivity contribution in [1.82, 2.24) is 9.29 Å². The molecule has 0 saturated carbocycles. The van der Waals surface area contributed by atoms with E-state index in [1.165, 1.54) is 0 Å². The molecule has 26 heavy (non-hydrogen) atoms. The Balaban J connectivity index is 1.72. The van der Waals surface area contributed by atoms with Crippen molar-refractivity contribution in [3.63, 3.8) is 0 Å². The summed E-state index contributed by atoms with van der Waals surface area (Å²) in [6.45, 7) is 1.33. The van der Waals surface area contributed by atoms with E-state index in [0.717, 1.165) is 10.9 Å². The molecule has 0 aliphatic carbocycles. The zero-order chi connectivity index (χ0) is 18.1. The van der Waals surface area contributed by atoms with Gasteiger partial charge in [0.15, 0.2) is 0 Å². The monoisotopic (exact) mass is 367 g/mol. The zero-order valence-corrected chi connectivity index (χ0v) is 15.1. The highest BCUT2D eigenvalue weighted by molar-refractivity contribution is 7.89. The lowest BCUT2D eigenvalue weighted by molar-refractivity contribution is 0.459. The predicted molar refractivity (Wildman–Crippen MR) is 102 cm³/mol. The van der Waals surface area contributed by atoms with E-state index in [0.29, 0.717) is 25.2 Å². The Hall–Kier alpha value is -2.28. The van der Waals surface area contributed by atoms with Crippen LogP contribution in [0.15, 0.2) is 71.8 Å². The zero-order valence-electron chi connectivity index (χ0n) is 14.3. The molecule has 1 saturated heterocycles. The van der Waals surface area contributed by atoms with Crippen LogP contribution in [0.1, 0.15) is 11.5 Å². The average Bonchev–Trinajstić information content (AvgIpc) is 3.13. The number of nitrogens with zero attached hydrogens (tertiary/aromatic N) is 2. The van der Waals surface area contributed by atoms with Gasteiger partial charge in [-0.1, -0.05) is 48.5 Å². The van der Waals surface area contributed by atoms with Crippen LogP contribution in [-0.4, -0.2) is 37.3 Å². The Morgan fingerprint density at radius 2 is 1.77 bits per heavy atom. The van der Waals surface area contributed by atoms with Crippen LogP contribution in [0.25, 0.3) is 10.9 Å². The van der Waals surface area contributed by atoms with E-state index in [1.807, 2.05) is 48.5 Å². The maximum absolute atomic E-state index is 13.3. The highest BCUT2D eigenvalue weighted by Gasteiger charge is 2.39. The van der Waals surface area contributed by atoms with Crippen LogP contribution in [0.5, 0.6) is 0 Å². The summed E-state index contributed by atoms with van der Waals surface area (Å²) in [5.41, 5.74) is 7.61. The van der Waals surface area contributed by atoms with Crippen molar-refractivity contribution >= 4 is 20.9 Å². The van der Waals surface area contributed by atoms with Gasteiger partial charge in [0, 0.05) is 30.6 Å². The Morgan fingerprint density at radius 1 is 1.00 bits per heavy atom. The van der Waals surface area contributed by atoms with Crippen molar-refractivity contribution in [2.75, 3.05) is 19.6 Å². The summed E-state index contributed by atoms with van der Waals surface area (Å²) >= 11 is 0. The van der Waals surface area contributed by atoms with Gasteiger partial charge < -0.3 is 5.73 Å². The molecule has 6 heteroatoms. The molecule has 1 fully saturated rings. The van der Waals surface area contributed by atoms with E-state index in [2.05, 4.69) is 4.98 Å². The molecule has 2 aromatic carbocycles. The number of fused-ring (bicyclic) bond motifs is 1. The molecule has 2 atom stereocenters. The third kappa shape index (κ3) is 2.90. The fourth-order valence-corrected chi connectivity index (χ4v) is 5.46. The molecule has 1 aliphatic heterocycles. The number of pyridine rings is 1. The molecule has 0 spiro atoms. The maximum Gasteiger partial charge on any atom is 0.245 e. The first kappa shape index (κ1) is 17.1. The number of benzene rings is 2. The topological polar surface area (TPSA) is 76.3 Å². The van der Waals surface area contributed by atoms with E-state index in [9.17, 15) is 8.42 Å². The molecular weight excluding hydrogens is 346 g/mol. The third-order valence-corrected chi connectivity index (χ3v) is 7.01. The molecular formula is C20H21N3O2S. The highest BCUT2D eigenvalue weighted by Crippen LogP contribution is 2.36. The van der Waals surface area contributed by atoms with Gasteiger partial charge in [-0.2, -0.15) is 4.31 Å². The Labute approximate surface area is 153 Å². The van der Waals surface area contributed by atoms with Crippen LogP contribution in [-0.2, 0) is 10.0 Å². The molecule has 0 amide bonds. The van der Waals surface area contributed by atoms with E-state index in [-0.39, 0.29) is 16.7 Å². The normalized spacial score (nSPS) is 21.3. The third-order valence-electron chi connectivity index (χ3n) is 5.15. The molecule has 1 aromatic heterocycles. The fourth-order valence-electron chi connectivity index (χ4n) is 3.77. The molecule has 2 heterocycles. The average molecular weight is 367 g/mol. The molecule has 5 nitrogen and oxygen atoms in total. The minimum atomic E-state index is -3.63. The summed E-state index contributed by atoms with van der Waals surface area (Å²) in [6.07, 6.45) is 1.63. The maximum atomic E-state index is 13.3. The first-order valence-electron chi connectivity index (χ1n) is 8.70. The number of nitrogens with two attached hydrogens (primary N) is 1. The molecule has 3 aromatic rings. The van der Waals surface area contributed by atoms with Gasteiger partial charge in [0.25, 0.3) is 0 Å². The lowest BCUT2D eigenvalue weighted by Crippen LogP contribution is -2.30. The van der Waals surface area contributed by atoms with Crippen molar-refractivity contribution in [1.29, 1.82) is 0 Å². The summed E-state index contributed by atoms with van der Waals surface area (Å²) < 4.78 is 28.2. The predicted octanol–water partition coefficient (Wildman–Crippen LogP) is 2.60. The van der Waals surface area contributed by atoms with Gasteiger partial charge >= 0.3 is 0 Å². The van der Waals surface area contributed by atoms with Gasteiger partial charge in [-0.05, 0) is 30.2 Å². The van der Waals surface area contributed by atoms with Gasteiger partial charge in [-0.3, -0.25) is 4.98 Å². The van der Waals surface area contributed by atoms with Crippen molar-refractivity contribution in [3.05, 3.63) is 72.4 Å². The number of aromatic nitrogens is 1. The van der Waals surface area contributed by atoms with Crippen LogP contribution < -0.4 is 5.73 Å². The number of rotatable bonds is 4. The smallest absolute Gasteiger partial charge is 0.245 e. The van der Waals surface area contributed by atoms with Gasteiger partial charge in [0.1, 0.15) is 4.90 Å². The standard InChI is InChI=1S/C20H21N3O2S/c21-12-17-13-23(14-18(17)15-6-2-1-3-7-15)26(24,25)19-10-4-8-16-9-5-11-22-20(16)19/h1-11,17-18H,12-14,21H2/t17-,18+/m1/s1. The number of hydrogen-bond donors (Lipinski definition) is 1. The summed E-state index contributed by atoms with van der Waals surface area (Å²) in [5.74, 6) is 0.217. The molecule has 4 rings (SSSR count). The van der Waals surface area contributed by atoms with Gasteiger partial charge in [0.2, 0.25) is 10.0 Å². The molecule has 0 bridgehead atoms. The van der Waals surface area contributed by atoms with E-state index >= 15 is 0 Å². The second kappa shape index (κ2) is 6.79. The van der Waals surface area contributed by atoms with E-state index < -0.39 is 10.0 Å². The fraction of sp³-hybridized carbons (Fsp3) is 0.250. The lowest BCUT2D eigenvalue weighted by atomic mass is 9.89. The van der Waals surface area contributed by atoms with E-state index in [4.69, 9.17) is 5.73 Å². The Bertz CT molecular complexity index is 1020. The summed E-state index contributed by atoms with van der Waals surface area (Å²) in [6, 6.07) is 19.0. The molecule has 1 aliphatic rings. The van der Waals surface area contributed by atoms with Gasteiger partial charge in [0.05, 0.1) is 5.52 Å². The van der Waals surface area contributed by atoms with Crippen LogP contribution >= 0.6 is 0 Å². The summed E-state index contributed by atoms with van der Waals surface area (Å²) in [4.78, 5) is 4.57. The van der Waals surface area contributed by atoms with Crippen molar-refractivity contribution < 1.29 is 8.42 Å². The molecule has 2 N–H and O–H groups in total. The summed E-state index contributed by atoms with van der Waals surface area (Å²) in [5, 5.41) is 0.822. The van der Waals surface area contributed by atoms with Gasteiger partial charge in [-0.25, -0.2) is 8.42 Å². The van der Waals surface area contributed by atoms with Crippen LogP contribution in [0.2, 0.25) is 0 Å². The van der Waals surface area contributed by atoms with Gasteiger partial charge in [-0.15, -0.1) is 0 Å². The Kier molecular flexibility index (Phi) is 4.48. The SMILES string of the molecule is NC[C@@H]1CN(S(=O)(=O)c2cccc3cccnc23)C[C@H]1c1ccccc1. The quantitative estimate of drug-likeness (QED) is 0.769. The number of hydrogen-bond acceptors (Lipinski definition) is 4. The second-order valence-corrected chi connectivity index (χ2v) is 8.57. The van der Waals surface area contributed by atoms with Crippen LogP contribution in [0.3, 0.4) is 0 Å². The molecule has 0 radical (unpaired) electrons. The van der Waals surface area contributed by atoms with Crippen LogP contribution in [0, 0.1) is 5.92 Å². The van der Waals surface area contributed by atoms with Crippen molar-refractivity contribution in [2.24, 2.45) is 11.7 Å².